The summed E-state index contributed by atoms with van der Waals surface area (Å²) in [4.78, 5) is 0. The molecule has 0 atom stereocenters. The van der Waals surface area contributed by atoms with Crippen molar-refractivity contribution in [2.45, 2.75) is 13.3 Å². The largest absolute Gasteiger partial charge is 0.490 e. The lowest BCUT2D eigenvalue weighted by Gasteiger charge is -1.88. The predicted molar refractivity (Wildman–Crippen MR) is 25.1 cm³/mol. The molecule has 0 aliphatic rings. The Morgan fingerprint density at radius 1 is 1.83 bits per heavy atom. The summed E-state index contributed by atoms with van der Waals surface area (Å²) in [6.45, 7) is 6.03. The van der Waals surface area contributed by atoms with E-state index in [1.807, 2.05) is 6.92 Å². The molecule has 1 radical (unpaired) electrons. The summed E-state index contributed by atoms with van der Waals surface area (Å²) < 4.78 is 4.62. The average Bonchev–Trinajstić information content (AvgIpc) is 1.61. The number of ether oxygens (including phenoxy) is 1. The molecule has 0 amide bonds. The Labute approximate surface area is 38.6 Å². The van der Waals surface area contributed by atoms with Crippen molar-refractivity contribution in [1.29, 1.82) is 0 Å². The van der Waals surface area contributed by atoms with Crippen LogP contribution in [0.2, 0.25) is 0 Å². The van der Waals surface area contributed by atoms with Crippen LogP contribution in [0.1, 0.15) is 13.3 Å². The summed E-state index contributed by atoms with van der Waals surface area (Å²) >= 11 is 0. The van der Waals surface area contributed by atoms with E-state index < -0.39 is 0 Å². The average molecular weight is 85.1 g/mol. The van der Waals surface area contributed by atoms with Crippen molar-refractivity contribution in [3.05, 3.63) is 12.8 Å². The van der Waals surface area contributed by atoms with Crippen molar-refractivity contribution in [2.24, 2.45) is 0 Å². The van der Waals surface area contributed by atoms with Gasteiger partial charge < -0.3 is 4.74 Å². The van der Waals surface area contributed by atoms with E-state index in [9.17, 15) is 0 Å². The van der Waals surface area contributed by atoms with Crippen molar-refractivity contribution in [1.82, 2.24) is 0 Å². The number of rotatable bonds is 3. The molecule has 0 saturated carbocycles. The first-order valence-electron chi connectivity index (χ1n) is 2.05. The first-order chi connectivity index (χ1) is 2.91. The van der Waals surface area contributed by atoms with E-state index in [1.165, 1.54) is 0 Å². The van der Waals surface area contributed by atoms with E-state index in [-0.39, 0.29) is 0 Å². The maximum Gasteiger partial charge on any atom is 0.153 e. The molecule has 0 aromatic carbocycles. The van der Waals surface area contributed by atoms with Crippen LogP contribution in [0.25, 0.3) is 0 Å². The van der Waals surface area contributed by atoms with Crippen molar-refractivity contribution >= 4 is 0 Å². The van der Waals surface area contributed by atoms with Gasteiger partial charge in [0, 0.05) is 0 Å². The van der Waals surface area contributed by atoms with Crippen molar-refractivity contribution < 1.29 is 4.74 Å². The molecule has 0 fully saturated rings. The second-order valence-electron chi connectivity index (χ2n) is 0.993. The maximum atomic E-state index is 4.62. The van der Waals surface area contributed by atoms with Gasteiger partial charge in [-0.1, -0.05) is 13.5 Å². The van der Waals surface area contributed by atoms with E-state index in [2.05, 4.69) is 17.6 Å². The van der Waals surface area contributed by atoms with Crippen LogP contribution in [-0.4, -0.2) is 6.61 Å². The van der Waals surface area contributed by atoms with Gasteiger partial charge in [0.05, 0.1) is 6.61 Å². The molecule has 0 aromatic heterocycles. The van der Waals surface area contributed by atoms with Gasteiger partial charge >= 0.3 is 0 Å². The van der Waals surface area contributed by atoms with Gasteiger partial charge in [-0.3, -0.25) is 0 Å². The Kier molecular flexibility index (Phi) is 4.19. The van der Waals surface area contributed by atoms with E-state index >= 15 is 0 Å². The fourth-order valence-corrected chi connectivity index (χ4v) is 0.174. The number of hydrogen-bond acceptors (Lipinski definition) is 1. The lowest BCUT2D eigenvalue weighted by Crippen LogP contribution is -1.80. The van der Waals surface area contributed by atoms with Gasteiger partial charge in [0.15, 0.2) is 6.26 Å². The third-order valence-electron chi connectivity index (χ3n) is 0.408. The van der Waals surface area contributed by atoms with Gasteiger partial charge in [-0.2, -0.15) is 0 Å². The predicted octanol–water partition coefficient (Wildman–Crippen LogP) is 1.36. The standard InChI is InChI=1S/C5H9O/c1-3-5-6-4-2/h2-3,5H2,1H3. The van der Waals surface area contributed by atoms with E-state index in [0.29, 0.717) is 0 Å². The zero-order chi connectivity index (χ0) is 4.83. The molecule has 0 rings (SSSR count). The molecular formula is C5H9O. The molecule has 1 heteroatoms. The molecular weight excluding hydrogens is 76.1 g/mol. The van der Waals surface area contributed by atoms with Crippen LogP contribution in [0.4, 0.5) is 0 Å². The van der Waals surface area contributed by atoms with Gasteiger partial charge in [-0.25, -0.2) is 0 Å². The molecule has 35 valence electrons. The second-order valence-corrected chi connectivity index (χ2v) is 0.993. The first kappa shape index (κ1) is 5.54. The fraction of sp³-hybridized carbons (Fsp3) is 0.600. The summed E-state index contributed by atoms with van der Waals surface area (Å²) in [6, 6.07) is 0. The molecule has 0 spiro atoms. The number of hydrogen-bond donors (Lipinski definition) is 0. The molecule has 0 aromatic rings. The van der Waals surface area contributed by atoms with E-state index in [0.717, 1.165) is 13.0 Å². The van der Waals surface area contributed by atoms with Crippen LogP contribution in [0.5, 0.6) is 0 Å². The molecule has 6 heavy (non-hydrogen) atoms. The van der Waals surface area contributed by atoms with Crippen molar-refractivity contribution in [2.75, 3.05) is 6.61 Å². The molecule has 0 bridgehead atoms. The minimum Gasteiger partial charge on any atom is -0.490 e. The zero-order valence-corrected chi connectivity index (χ0v) is 4.03. The summed E-state index contributed by atoms with van der Waals surface area (Å²) in [5, 5.41) is 0. The summed E-state index contributed by atoms with van der Waals surface area (Å²) in [5.41, 5.74) is 0. The Bertz CT molecular complexity index is 32.9. The minimum atomic E-state index is 0.740. The maximum absolute atomic E-state index is 4.62. The topological polar surface area (TPSA) is 9.23 Å². The monoisotopic (exact) mass is 85.1 g/mol. The van der Waals surface area contributed by atoms with Gasteiger partial charge in [-0.15, -0.1) is 0 Å². The smallest absolute Gasteiger partial charge is 0.153 e. The second kappa shape index (κ2) is 4.54. The quantitative estimate of drug-likeness (QED) is 0.371. The summed E-state index contributed by atoms with van der Waals surface area (Å²) in [5.74, 6) is 0. The zero-order valence-electron chi connectivity index (χ0n) is 4.03. The minimum absolute atomic E-state index is 0.740. The first-order valence-corrected chi connectivity index (χ1v) is 2.05. The third kappa shape index (κ3) is 3.54. The lowest BCUT2D eigenvalue weighted by atomic mass is 10.5. The highest BCUT2D eigenvalue weighted by Gasteiger charge is 1.69. The fourth-order valence-electron chi connectivity index (χ4n) is 0.174. The van der Waals surface area contributed by atoms with Gasteiger partial charge in [0.1, 0.15) is 0 Å². The Balaban J connectivity index is 2.49. The highest BCUT2D eigenvalue weighted by atomic mass is 16.5. The molecule has 0 aliphatic heterocycles. The normalized spacial score (nSPS) is 7.50. The summed E-state index contributed by atoms with van der Waals surface area (Å²) in [6.07, 6.45) is 3.35. The lowest BCUT2D eigenvalue weighted by molar-refractivity contribution is 0.230. The molecule has 0 unspecified atom stereocenters. The molecule has 0 saturated heterocycles. The van der Waals surface area contributed by atoms with E-state index in [1.54, 1.807) is 0 Å². The van der Waals surface area contributed by atoms with Crippen LogP contribution in [0.3, 0.4) is 0 Å². The third-order valence-corrected chi connectivity index (χ3v) is 0.408. The van der Waals surface area contributed by atoms with Gasteiger partial charge in [0.25, 0.3) is 0 Å². The SMILES string of the molecule is C=[C]OCCC. The van der Waals surface area contributed by atoms with Crippen LogP contribution in [-0.2, 0) is 4.74 Å². The van der Waals surface area contributed by atoms with Gasteiger partial charge in [-0.05, 0) is 6.42 Å². The molecule has 0 heterocycles. The van der Waals surface area contributed by atoms with Crippen LogP contribution >= 0.6 is 0 Å². The van der Waals surface area contributed by atoms with Crippen LogP contribution < -0.4 is 0 Å². The summed E-state index contributed by atoms with van der Waals surface area (Å²) in [7, 11) is 0. The Hall–Kier alpha value is -0.460. The van der Waals surface area contributed by atoms with Crippen molar-refractivity contribution in [3.63, 3.8) is 0 Å². The van der Waals surface area contributed by atoms with E-state index in [4.69, 9.17) is 0 Å². The van der Waals surface area contributed by atoms with Gasteiger partial charge in [0.2, 0.25) is 0 Å². The highest BCUT2D eigenvalue weighted by Crippen LogP contribution is 1.75. The highest BCUT2D eigenvalue weighted by molar-refractivity contribution is 4.34. The Morgan fingerprint density at radius 2 is 2.50 bits per heavy atom. The molecule has 0 aliphatic carbocycles. The Morgan fingerprint density at radius 3 is 2.67 bits per heavy atom. The van der Waals surface area contributed by atoms with Crippen LogP contribution in [0, 0.1) is 6.26 Å². The van der Waals surface area contributed by atoms with Crippen molar-refractivity contribution in [3.8, 4) is 0 Å². The molecule has 1 nitrogen and oxygen atoms in total. The van der Waals surface area contributed by atoms with Crippen LogP contribution in [0.15, 0.2) is 6.58 Å². The molecule has 0 N–H and O–H groups in total.